The molecule has 1 aromatic rings. The molecule has 0 saturated carbocycles. The zero-order valence-corrected chi connectivity index (χ0v) is 9.63. The van der Waals surface area contributed by atoms with Crippen molar-refractivity contribution in [2.24, 2.45) is 11.5 Å². The summed E-state index contributed by atoms with van der Waals surface area (Å²) in [6.07, 6.45) is 1.19. The smallest absolute Gasteiger partial charge is 0.128 e. The van der Waals surface area contributed by atoms with Crippen molar-refractivity contribution in [2.45, 2.75) is 38.3 Å². The van der Waals surface area contributed by atoms with Crippen LogP contribution in [0.2, 0.25) is 0 Å². The second kappa shape index (κ2) is 4.89. The van der Waals surface area contributed by atoms with Crippen LogP contribution in [0.15, 0.2) is 18.2 Å². The van der Waals surface area contributed by atoms with Crippen LogP contribution in [0.25, 0.3) is 0 Å². The van der Waals surface area contributed by atoms with Crippen LogP contribution in [-0.4, -0.2) is 5.54 Å². The van der Waals surface area contributed by atoms with Gasteiger partial charge in [0.15, 0.2) is 0 Å². The summed E-state index contributed by atoms with van der Waals surface area (Å²) >= 11 is 0. The third-order valence-electron chi connectivity index (χ3n) is 2.46. The molecule has 4 N–H and O–H groups in total. The lowest BCUT2D eigenvalue weighted by Gasteiger charge is -2.21. The van der Waals surface area contributed by atoms with E-state index in [-0.39, 0.29) is 11.1 Å². The normalized spacial score (nSPS) is 13.9. The molecule has 0 aliphatic carbocycles. The Morgan fingerprint density at radius 2 is 1.94 bits per heavy atom. The van der Waals surface area contributed by atoms with Gasteiger partial charge < -0.3 is 11.5 Å². The van der Waals surface area contributed by atoms with E-state index in [1.165, 1.54) is 0 Å². The molecule has 0 radical (unpaired) electrons. The van der Waals surface area contributed by atoms with Crippen molar-refractivity contribution < 1.29 is 8.78 Å². The monoisotopic (exact) mass is 228 g/mol. The Morgan fingerprint density at radius 1 is 1.31 bits per heavy atom. The summed E-state index contributed by atoms with van der Waals surface area (Å²) in [5.74, 6) is -0.942. The zero-order valence-electron chi connectivity index (χ0n) is 9.63. The van der Waals surface area contributed by atoms with E-state index in [4.69, 9.17) is 11.5 Å². The predicted octanol–water partition coefficient (Wildman–Crippen LogP) is 2.48. The lowest BCUT2D eigenvalue weighted by molar-refractivity contribution is 0.426. The van der Waals surface area contributed by atoms with E-state index in [0.717, 1.165) is 18.2 Å². The van der Waals surface area contributed by atoms with Crippen LogP contribution in [0, 0.1) is 11.6 Å². The van der Waals surface area contributed by atoms with Gasteiger partial charge in [-0.25, -0.2) is 8.78 Å². The molecule has 1 rings (SSSR count). The number of halogens is 2. The van der Waals surface area contributed by atoms with Crippen molar-refractivity contribution in [3.63, 3.8) is 0 Å². The van der Waals surface area contributed by atoms with Gasteiger partial charge in [0.05, 0.1) is 0 Å². The van der Waals surface area contributed by atoms with Crippen LogP contribution in [-0.2, 0) is 0 Å². The molecule has 0 aliphatic heterocycles. The van der Waals surface area contributed by atoms with Crippen LogP contribution in [0.1, 0.15) is 38.3 Å². The molecule has 0 amide bonds. The highest BCUT2D eigenvalue weighted by Gasteiger charge is 2.17. The molecule has 2 nitrogen and oxygen atoms in total. The van der Waals surface area contributed by atoms with Gasteiger partial charge in [-0.15, -0.1) is 0 Å². The lowest BCUT2D eigenvalue weighted by atomic mass is 9.94. The number of benzene rings is 1. The van der Waals surface area contributed by atoms with E-state index in [2.05, 4.69) is 0 Å². The molecule has 0 bridgehead atoms. The Balaban J connectivity index is 2.73. The molecule has 90 valence electrons. The molecule has 0 heterocycles. The maximum atomic E-state index is 13.4. The summed E-state index contributed by atoms with van der Waals surface area (Å²) in [6, 6.07) is 2.80. The van der Waals surface area contributed by atoms with Crippen molar-refractivity contribution in [3.05, 3.63) is 35.4 Å². The standard InChI is InChI=1S/C12H18F2N2/c1-12(2,16)6-5-11(15)9-7-8(13)3-4-10(9)14/h3-4,7,11H,5-6,15-16H2,1-2H3. The summed E-state index contributed by atoms with van der Waals surface area (Å²) < 4.78 is 26.3. The first-order valence-electron chi connectivity index (χ1n) is 5.29. The third kappa shape index (κ3) is 3.87. The summed E-state index contributed by atoms with van der Waals surface area (Å²) in [4.78, 5) is 0. The Kier molecular flexibility index (Phi) is 3.99. The number of hydrogen-bond donors (Lipinski definition) is 2. The summed E-state index contributed by atoms with van der Waals surface area (Å²) in [5, 5.41) is 0. The molecule has 0 spiro atoms. The molecule has 0 fully saturated rings. The minimum Gasteiger partial charge on any atom is -0.326 e. The molecule has 1 atom stereocenters. The minimum absolute atomic E-state index is 0.212. The van der Waals surface area contributed by atoms with Gasteiger partial charge in [-0.05, 0) is 44.9 Å². The van der Waals surface area contributed by atoms with Gasteiger partial charge in [0.25, 0.3) is 0 Å². The summed E-state index contributed by atoms with van der Waals surface area (Å²) in [7, 11) is 0. The van der Waals surface area contributed by atoms with Gasteiger partial charge in [0, 0.05) is 17.1 Å². The average Bonchev–Trinajstić information content (AvgIpc) is 2.17. The minimum atomic E-state index is -0.515. The fourth-order valence-electron chi connectivity index (χ4n) is 1.48. The maximum absolute atomic E-state index is 13.4. The van der Waals surface area contributed by atoms with Crippen molar-refractivity contribution in [2.75, 3.05) is 0 Å². The number of hydrogen-bond acceptors (Lipinski definition) is 2. The molecule has 16 heavy (non-hydrogen) atoms. The van der Waals surface area contributed by atoms with Crippen molar-refractivity contribution in [1.29, 1.82) is 0 Å². The first-order chi connectivity index (χ1) is 7.29. The summed E-state index contributed by atoms with van der Waals surface area (Å²) in [5.41, 5.74) is 11.5. The highest BCUT2D eigenvalue weighted by atomic mass is 19.1. The van der Waals surface area contributed by atoms with E-state index in [1.807, 2.05) is 13.8 Å². The third-order valence-corrected chi connectivity index (χ3v) is 2.46. The molecular weight excluding hydrogens is 210 g/mol. The maximum Gasteiger partial charge on any atom is 0.128 e. The van der Waals surface area contributed by atoms with Gasteiger partial charge in [0.1, 0.15) is 11.6 Å². The predicted molar refractivity (Wildman–Crippen MR) is 60.8 cm³/mol. The van der Waals surface area contributed by atoms with Gasteiger partial charge in [0.2, 0.25) is 0 Å². The molecule has 0 aromatic heterocycles. The number of nitrogens with two attached hydrogens (primary N) is 2. The quantitative estimate of drug-likeness (QED) is 0.831. The Morgan fingerprint density at radius 3 is 2.50 bits per heavy atom. The van der Waals surface area contributed by atoms with Crippen LogP contribution in [0.4, 0.5) is 8.78 Å². The van der Waals surface area contributed by atoms with Crippen LogP contribution >= 0.6 is 0 Å². The molecule has 1 unspecified atom stereocenters. The van der Waals surface area contributed by atoms with Gasteiger partial charge in [-0.3, -0.25) is 0 Å². The largest absolute Gasteiger partial charge is 0.326 e. The fourth-order valence-corrected chi connectivity index (χ4v) is 1.48. The lowest BCUT2D eigenvalue weighted by Crippen LogP contribution is -2.32. The first-order valence-corrected chi connectivity index (χ1v) is 5.29. The van der Waals surface area contributed by atoms with E-state index in [9.17, 15) is 8.78 Å². The van der Waals surface area contributed by atoms with E-state index in [1.54, 1.807) is 0 Å². The topological polar surface area (TPSA) is 52.0 Å². The molecule has 0 aliphatic rings. The Bertz CT molecular complexity index is 359. The number of rotatable bonds is 4. The second-order valence-corrected chi connectivity index (χ2v) is 4.80. The van der Waals surface area contributed by atoms with Crippen molar-refractivity contribution in [1.82, 2.24) is 0 Å². The Hall–Kier alpha value is -1.00. The van der Waals surface area contributed by atoms with E-state index < -0.39 is 17.7 Å². The Labute approximate surface area is 94.6 Å². The first kappa shape index (κ1) is 13.1. The van der Waals surface area contributed by atoms with Gasteiger partial charge in [-0.1, -0.05) is 0 Å². The molecule has 0 saturated heterocycles. The van der Waals surface area contributed by atoms with Crippen LogP contribution in [0.5, 0.6) is 0 Å². The van der Waals surface area contributed by atoms with Gasteiger partial charge in [-0.2, -0.15) is 0 Å². The van der Waals surface area contributed by atoms with E-state index >= 15 is 0 Å². The SMILES string of the molecule is CC(C)(N)CCC(N)c1cc(F)ccc1F. The second-order valence-electron chi connectivity index (χ2n) is 4.80. The van der Waals surface area contributed by atoms with Gasteiger partial charge >= 0.3 is 0 Å². The molecule has 4 heteroatoms. The zero-order chi connectivity index (χ0) is 12.3. The van der Waals surface area contributed by atoms with Crippen LogP contribution in [0.3, 0.4) is 0 Å². The fraction of sp³-hybridized carbons (Fsp3) is 0.500. The van der Waals surface area contributed by atoms with Crippen molar-refractivity contribution in [3.8, 4) is 0 Å². The molecule has 1 aromatic carbocycles. The molecular formula is C12H18F2N2. The van der Waals surface area contributed by atoms with Crippen LogP contribution < -0.4 is 11.5 Å². The van der Waals surface area contributed by atoms with Crippen molar-refractivity contribution >= 4 is 0 Å². The highest BCUT2D eigenvalue weighted by molar-refractivity contribution is 5.22. The van der Waals surface area contributed by atoms with E-state index in [0.29, 0.717) is 12.8 Å². The average molecular weight is 228 g/mol. The summed E-state index contributed by atoms with van der Waals surface area (Å²) in [6.45, 7) is 3.75. The highest BCUT2D eigenvalue weighted by Crippen LogP contribution is 2.22.